The lowest BCUT2D eigenvalue weighted by molar-refractivity contribution is 0.0904. The molecule has 1 saturated heterocycles. The van der Waals surface area contributed by atoms with Crippen molar-refractivity contribution in [1.82, 2.24) is 10.6 Å². The maximum atomic E-state index is 14.2. The summed E-state index contributed by atoms with van der Waals surface area (Å²) in [5.41, 5.74) is 5.39. The Labute approximate surface area is 144 Å². The molecule has 1 heterocycles. The quantitative estimate of drug-likeness (QED) is 0.771. The van der Waals surface area contributed by atoms with Gasteiger partial charge in [0.25, 0.3) is 5.91 Å². The van der Waals surface area contributed by atoms with E-state index in [1.807, 2.05) is 0 Å². The maximum absolute atomic E-state index is 14.2. The summed E-state index contributed by atoms with van der Waals surface area (Å²) in [6.07, 6.45) is 3.75. The van der Waals surface area contributed by atoms with Crippen LogP contribution in [0.4, 0.5) is 19.3 Å². The lowest BCUT2D eigenvalue weighted by atomic mass is 9.84. The Hall–Kier alpha value is -2.22. The van der Waals surface area contributed by atoms with Crippen LogP contribution in [0.15, 0.2) is 12.1 Å². The first-order valence-corrected chi connectivity index (χ1v) is 8.56. The smallest absolute Gasteiger partial charge is 0.322 e. The average molecular weight is 352 g/mol. The Morgan fingerprint density at radius 3 is 2.72 bits per heavy atom. The molecule has 1 aromatic rings. The van der Waals surface area contributed by atoms with Crippen molar-refractivity contribution in [3.63, 3.8) is 0 Å². The van der Waals surface area contributed by atoms with Crippen molar-refractivity contribution in [2.75, 3.05) is 24.5 Å². The number of carbonyl (C=O) groups excluding carboxylic acids is 2. The van der Waals surface area contributed by atoms with E-state index in [4.69, 9.17) is 5.73 Å². The number of nitrogens with two attached hydrogens (primary N) is 1. The zero-order chi connectivity index (χ0) is 18.0. The number of urea groups is 1. The van der Waals surface area contributed by atoms with Crippen LogP contribution >= 0.6 is 0 Å². The van der Waals surface area contributed by atoms with Crippen molar-refractivity contribution >= 4 is 17.6 Å². The van der Waals surface area contributed by atoms with Gasteiger partial charge in [-0.05, 0) is 31.4 Å². The molecule has 3 amide bonds. The molecule has 0 radical (unpaired) electrons. The van der Waals surface area contributed by atoms with Crippen LogP contribution in [0.5, 0.6) is 0 Å². The SMILES string of the molecule is NC[C@H]1CCCC[C@H]1NC(=O)c1cc(N2CCNC2=O)c(F)cc1F. The molecule has 4 N–H and O–H groups in total. The van der Waals surface area contributed by atoms with E-state index in [9.17, 15) is 18.4 Å². The van der Waals surface area contributed by atoms with Gasteiger partial charge in [-0.2, -0.15) is 0 Å². The third-order valence-electron chi connectivity index (χ3n) is 4.96. The number of hydrogen-bond acceptors (Lipinski definition) is 3. The number of carbonyl (C=O) groups is 2. The van der Waals surface area contributed by atoms with Crippen molar-refractivity contribution in [2.45, 2.75) is 31.7 Å². The van der Waals surface area contributed by atoms with Crippen molar-refractivity contribution in [2.24, 2.45) is 11.7 Å². The van der Waals surface area contributed by atoms with E-state index in [-0.39, 0.29) is 29.8 Å². The molecule has 1 aliphatic carbocycles. The van der Waals surface area contributed by atoms with E-state index in [1.165, 1.54) is 0 Å². The monoisotopic (exact) mass is 352 g/mol. The number of benzene rings is 1. The number of hydrogen-bond donors (Lipinski definition) is 3. The third-order valence-corrected chi connectivity index (χ3v) is 4.96. The van der Waals surface area contributed by atoms with Crippen LogP contribution in [-0.2, 0) is 0 Å². The molecule has 25 heavy (non-hydrogen) atoms. The van der Waals surface area contributed by atoms with Gasteiger partial charge in [-0.3, -0.25) is 9.69 Å². The van der Waals surface area contributed by atoms with Gasteiger partial charge in [0.1, 0.15) is 11.6 Å². The maximum Gasteiger partial charge on any atom is 0.322 e. The standard InChI is InChI=1S/C17H22F2N4O2/c18-12-8-13(19)15(23-6-5-21-17(23)25)7-11(12)16(24)22-14-4-2-1-3-10(14)9-20/h7-8,10,14H,1-6,9,20H2,(H,21,25)(H,22,24)/t10-,14-/m1/s1. The molecular weight excluding hydrogens is 330 g/mol. The Morgan fingerprint density at radius 2 is 2.04 bits per heavy atom. The van der Waals surface area contributed by atoms with E-state index >= 15 is 0 Å². The minimum absolute atomic E-state index is 0.0967. The predicted molar refractivity (Wildman–Crippen MR) is 89.4 cm³/mol. The van der Waals surface area contributed by atoms with E-state index < -0.39 is 23.6 Å². The molecule has 1 saturated carbocycles. The molecule has 0 bridgehead atoms. The van der Waals surface area contributed by atoms with Crippen molar-refractivity contribution in [3.8, 4) is 0 Å². The van der Waals surface area contributed by atoms with Crippen LogP contribution in [0, 0.1) is 17.6 Å². The molecule has 0 unspecified atom stereocenters. The fourth-order valence-corrected chi connectivity index (χ4v) is 3.55. The van der Waals surface area contributed by atoms with Gasteiger partial charge in [0.15, 0.2) is 0 Å². The molecule has 2 fully saturated rings. The summed E-state index contributed by atoms with van der Waals surface area (Å²) in [6, 6.07) is 1.17. The summed E-state index contributed by atoms with van der Waals surface area (Å²) in [5.74, 6) is -2.27. The highest BCUT2D eigenvalue weighted by atomic mass is 19.1. The van der Waals surface area contributed by atoms with E-state index in [0.717, 1.165) is 36.6 Å². The van der Waals surface area contributed by atoms with Crippen molar-refractivity contribution in [3.05, 3.63) is 29.3 Å². The van der Waals surface area contributed by atoms with Crippen LogP contribution in [-0.4, -0.2) is 37.6 Å². The average Bonchev–Trinajstić information content (AvgIpc) is 3.01. The molecule has 1 aliphatic heterocycles. The summed E-state index contributed by atoms with van der Waals surface area (Å²) < 4.78 is 28.2. The summed E-state index contributed by atoms with van der Waals surface area (Å²) in [4.78, 5) is 25.4. The lowest BCUT2D eigenvalue weighted by Gasteiger charge is -2.31. The Morgan fingerprint density at radius 1 is 1.28 bits per heavy atom. The first-order valence-electron chi connectivity index (χ1n) is 8.56. The Kier molecular flexibility index (Phi) is 5.17. The minimum atomic E-state index is -0.946. The Bertz CT molecular complexity index is 683. The highest BCUT2D eigenvalue weighted by Gasteiger charge is 2.29. The number of nitrogens with one attached hydrogen (secondary N) is 2. The van der Waals surface area contributed by atoms with Gasteiger partial charge < -0.3 is 16.4 Å². The number of rotatable bonds is 4. The van der Waals surface area contributed by atoms with Crippen LogP contribution in [0.25, 0.3) is 0 Å². The number of anilines is 1. The van der Waals surface area contributed by atoms with Crippen molar-refractivity contribution < 1.29 is 18.4 Å². The number of halogens is 2. The normalized spacial score (nSPS) is 23.5. The summed E-state index contributed by atoms with van der Waals surface area (Å²) in [7, 11) is 0. The topological polar surface area (TPSA) is 87.5 Å². The second kappa shape index (κ2) is 7.35. The summed E-state index contributed by atoms with van der Waals surface area (Å²) in [5, 5.41) is 5.37. The first kappa shape index (κ1) is 17.6. The largest absolute Gasteiger partial charge is 0.349 e. The minimum Gasteiger partial charge on any atom is -0.349 e. The molecular formula is C17H22F2N4O2. The third kappa shape index (κ3) is 3.58. The Balaban J connectivity index is 1.83. The molecule has 0 spiro atoms. The highest BCUT2D eigenvalue weighted by molar-refractivity contribution is 5.99. The van der Waals surface area contributed by atoms with Gasteiger partial charge in [-0.15, -0.1) is 0 Å². The molecule has 3 rings (SSSR count). The molecule has 8 heteroatoms. The van der Waals surface area contributed by atoms with Gasteiger partial charge in [-0.1, -0.05) is 12.8 Å². The molecule has 2 aliphatic rings. The van der Waals surface area contributed by atoms with Gasteiger partial charge in [0, 0.05) is 25.2 Å². The van der Waals surface area contributed by atoms with E-state index in [0.29, 0.717) is 19.2 Å². The molecule has 2 atom stereocenters. The van der Waals surface area contributed by atoms with Gasteiger partial charge in [0.05, 0.1) is 11.3 Å². The molecule has 136 valence electrons. The van der Waals surface area contributed by atoms with Gasteiger partial charge >= 0.3 is 6.03 Å². The summed E-state index contributed by atoms with van der Waals surface area (Å²) in [6.45, 7) is 1.09. The van der Waals surface area contributed by atoms with E-state index in [1.54, 1.807) is 0 Å². The van der Waals surface area contributed by atoms with E-state index in [2.05, 4.69) is 10.6 Å². The first-order chi connectivity index (χ1) is 12.0. The fourth-order valence-electron chi connectivity index (χ4n) is 3.55. The fraction of sp³-hybridized carbons (Fsp3) is 0.529. The lowest BCUT2D eigenvalue weighted by Crippen LogP contribution is -2.45. The highest BCUT2D eigenvalue weighted by Crippen LogP contribution is 2.27. The van der Waals surface area contributed by atoms with Gasteiger partial charge in [0.2, 0.25) is 0 Å². The number of amides is 3. The number of nitrogens with zero attached hydrogens (tertiary/aromatic N) is 1. The molecule has 6 nitrogen and oxygen atoms in total. The second-order valence-corrected chi connectivity index (χ2v) is 6.53. The second-order valence-electron chi connectivity index (χ2n) is 6.53. The zero-order valence-electron chi connectivity index (χ0n) is 13.9. The van der Waals surface area contributed by atoms with Crippen LogP contribution in [0.2, 0.25) is 0 Å². The predicted octanol–water partition coefficient (Wildman–Crippen LogP) is 1.74. The van der Waals surface area contributed by atoms with Crippen LogP contribution in [0.3, 0.4) is 0 Å². The van der Waals surface area contributed by atoms with Crippen LogP contribution in [0.1, 0.15) is 36.0 Å². The van der Waals surface area contributed by atoms with Gasteiger partial charge in [-0.25, -0.2) is 13.6 Å². The zero-order valence-corrected chi connectivity index (χ0v) is 13.9. The molecule has 1 aromatic carbocycles. The van der Waals surface area contributed by atoms with Crippen molar-refractivity contribution in [1.29, 1.82) is 0 Å². The van der Waals surface area contributed by atoms with Crippen LogP contribution < -0.4 is 21.3 Å². The summed E-state index contributed by atoms with van der Waals surface area (Å²) >= 11 is 0. The molecule has 0 aromatic heterocycles.